The maximum absolute atomic E-state index is 5.78. The molecule has 2 unspecified atom stereocenters. The van der Waals surface area contributed by atoms with Gasteiger partial charge in [-0.15, -0.1) is 0 Å². The Morgan fingerprint density at radius 1 is 1.28 bits per heavy atom. The minimum Gasteiger partial charge on any atom is -0.271 e. The molecule has 2 rings (SSSR count). The van der Waals surface area contributed by atoms with Gasteiger partial charge in [0.05, 0.1) is 0 Å². The van der Waals surface area contributed by atoms with E-state index in [1.165, 1.54) is 43.2 Å². The third-order valence-corrected chi connectivity index (χ3v) is 4.18. The summed E-state index contributed by atoms with van der Waals surface area (Å²) in [7, 11) is 0. The lowest BCUT2D eigenvalue weighted by molar-refractivity contribution is 0.386. The maximum atomic E-state index is 5.78. The van der Waals surface area contributed by atoms with Gasteiger partial charge in [-0.3, -0.25) is 11.3 Å². The zero-order valence-corrected chi connectivity index (χ0v) is 11.7. The van der Waals surface area contributed by atoms with Gasteiger partial charge in [0.2, 0.25) is 0 Å². The van der Waals surface area contributed by atoms with E-state index >= 15 is 0 Å². The molecule has 2 nitrogen and oxygen atoms in total. The van der Waals surface area contributed by atoms with Crippen LogP contribution in [0.4, 0.5) is 0 Å². The lowest BCUT2D eigenvalue weighted by Gasteiger charge is -2.24. The summed E-state index contributed by atoms with van der Waals surface area (Å²) in [5, 5.41) is 0. The van der Waals surface area contributed by atoms with Gasteiger partial charge < -0.3 is 0 Å². The Kier molecular flexibility index (Phi) is 4.79. The van der Waals surface area contributed by atoms with Crippen LogP contribution in [-0.2, 0) is 6.42 Å². The van der Waals surface area contributed by atoms with Gasteiger partial charge in [0.15, 0.2) is 0 Å². The van der Waals surface area contributed by atoms with Crippen molar-refractivity contribution in [3.05, 3.63) is 35.4 Å². The first kappa shape index (κ1) is 13.6. The Hall–Kier alpha value is -0.860. The molecular weight excluding hydrogens is 220 g/mol. The highest BCUT2D eigenvalue weighted by atomic mass is 15.2. The number of nitrogens with one attached hydrogen (secondary N) is 1. The summed E-state index contributed by atoms with van der Waals surface area (Å²) in [6, 6.07) is 9.27. The Morgan fingerprint density at radius 3 is 2.78 bits per heavy atom. The Morgan fingerprint density at radius 2 is 2.06 bits per heavy atom. The zero-order valence-electron chi connectivity index (χ0n) is 11.7. The predicted octanol–water partition coefficient (Wildman–Crippen LogP) is 3.37. The fraction of sp³-hybridized carbons (Fsp3) is 0.625. The Labute approximate surface area is 111 Å². The summed E-state index contributed by atoms with van der Waals surface area (Å²) < 4.78 is 0. The van der Waals surface area contributed by atoms with Crippen LogP contribution >= 0.6 is 0 Å². The molecule has 0 aliphatic heterocycles. The van der Waals surface area contributed by atoms with E-state index in [1.807, 2.05) is 0 Å². The average molecular weight is 246 g/mol. The van der Waals surface area contributed by atoms with Crippen LogP contribution in [0.25, 0.3) is 0 Å². The number of fused-ring (bicyclic) bond motifs is 1. The summed E-state index contributed by atoms with van der Waals surface area (Å²) in [4.78, 5) is 0. The second kappa shape index (κ2) is 6.35. The van der Waals surface area contributed by atoms with E-state index in [9.17, 15) is 0 Å². The first-order valence-corrected chi connectivity index (χ1v) is 7.26. The molecule has 1 aromatic carbocycles. The number of benzene rings is 1. The molecule has 2 atom stereocenters. The molecule has 18 heavy (non-hydrogen) atoms. The summed E-state index contributed by atoms with van der Waals surface area (Å²) in [6.45, 7) is 4.57. The average Bonchev–Trinajstić information content (AvgIpc) is 2.78. The van der Waals surface area contributed by atoms with Gasteiger partial charge in [0.25, 0.3) is 0 Å². The fourth-order valence-electron chi connectivity index (χ4n) is 3.15. The first-order valence-electron chi connectivity index (χ1n) is 7.26. The van der Waals surface area contributed by atoms with Gasteiger partial charge in [-0.2, -0.15) is 0 Å². The molecule has 100 valence electrons. The summed E-state index contributed by atoms with van der Waals surface area (Å²) in [6.07, 6.45) is 6.21. The van der Waals surface area contributed by atoms with Crippen molar-refractivity contribution in [2.24, 2.45) is 11.8 Å². The summed E-state index contributed by atoms with van der Waals surface area (Å²) in [5.41, 5.74) is 6.10. The molecule has 0 amide bonds. The van der Waals surface area contributed by atoms with Crippen molar-refractivity contribution >= 4 is 0 Å². The van der Waals surface area contributed by atoms with Crippen molar-refractivity contribution in [1.29, 1.82) is 0 Å². The van der Waals surface area contributed by atoms with Gasteiger partial charge in [-0.05, 0) is 36.3 Å². The predicted molar refractivity (Wildman–Crippen MR) is 77.3 cm³/mol. The lowest BCUT2D eigenvalue weighted by atomic mass is 9.89. The Bertz CT molecular complexity index is 373. The van der Waals surface area contributed by atoms with Crippen molar-refractivity contribution < 1.29 is 0 Å². The zero-order chi connectivity index (χ0) is 13.0. The van der Waals surface area contributed by atoms with Crippen LogP contribution < -0.4 is 11.3 Å². The van der Waals surface area contributed by atoms with Gasteiger partial charge >= 0.3 is 0 Å². The molecule has 3 N–H and O–H groups in total. The molecule has 0 bridgehead atoms. The quantitative estimate of drug-likeness (QED) is 0.596. The van der Waals surface area contributed by atoms with Crippen LogP contribution in [0.5, 0.6) is 0 Å². The molecule has 0 heterocycles. The lowest BCUT2D eigenvalue weighted by Crippen LogP contribution is -2.39. The van der Waals surface area contributed by atoms with E-state index in [-0.39, 0.29) is 0 Å². The van der Waals surface area contributed by atoms with Gasteiger partial charge in [-0.25, -0.2) is 0 Å². The molecule has 0 fully saturated rings. The van der Waals surface area contributed by atoms with E-state index in [2.05, 4.69) is 43.5 Å². The maximum Gasteiger partial charge on any atom is 0.0279 e. The number of hydrazine groups is 1. The van der Waals surface area contributed by atoms with Crippen LogP contribution in [0.15, 0.2) is 24.3 Å². The monoisotopic (exact) mass is 246 g/mol. The van der Waals surface area contributed by atoms with Crippen molar-refractivity contribution in [2.75, 3.05) is 0 Å². The van der Waals surface area contributed by atoms with E-state index in [0.717, 1.165) is 5.92 Å². The minimum absolute atomic E-state index is 0.437. The van der Waals surface area contributed by atoms with Crippen LogP contribution in [0.1, 0.15) is 56.6 Å². The molecule has 2 heteroatoms. The third kappa shape index (κ3) is 3.12. The molecule has 0 radical (unpaired) electrons. The molecule has 1 aliphatic rings. The second-order valence-electron chi connectivity index (χ2n) is 5.94. The topological polar surface area (TPSA) is 38.0 Å². The van der Waals surface area contributed by atoms with Gasteiger partial charge in [0, 0.05) is 12.0 Å². The second-order valence-corrected chi connectivity index (χ2v) is 5.94. The minimum atomic E-state index is 0.437. The number of hydrogen-bond donors (Lipinski definition) is 2. The van der Waals surface area contributed by atoms with Crippen molar-refractivity contribution in [3.63, 3.8) is 0 Å². The smallest absolute Gasteiger partial charge is 0.0279 e. The summed E-state index contributed by atoms with van der Waals surface area (Å²) in [5.74, 6) is 7.18. The highest BCUT2D eigenvalue weighted by molar-refractivity contribution is 5.35. The number of nitrogens with two attached hydrogens (primary N) is 1. The molecule has 0 spiro atoms. The highest BCUT2D eigenvalue weighted by Gasteiger charge is 2.28. The van der Waals surface area contributed by atoms with Crippen LogP contribution in [0, 0.1) is 5.92 Å². The van der Waals surface area contributed by atoms with E-state index in [1.54, 1.807) is 0 Å². The SMILES string of the molecule is CC(C)CCCC(NN)C1CCc2ccccc21. The van der Waals surface area contributed by atoms with E-state index < -0.39 is 0 Å². The molecule has 0 saturated carbocycles. The van der Waals surface area contributed by atoms with Crippen molar-refractivity contribution in [3.8, 4) is 0 Å². The third-order valence-electron chi connectivity index (χ3n) is 4.18. The van der Waals surface area contributed by atoms with Gasteiger partial charge in [-0.1, -0.05) is 51.0 Å². The Balaban J connectivity index is 1.97. The normalized spacial score (nSPS) is 20.1. The standard InChI is InChI=1S/C16H26N2/c1-12(2)6-5-9-16(18-17)15-11-10-13-7-3-4-8-14(13)15/h3-4,7-8,12,15-16,18H,5-6,9-11,17H2,1-2H3. The molecule has 0 aromatic heterocycles. The van der Waals surface area contributed by atoms with Crippen molar-refractivity contribution in [1.82, 2.24) is 5.43 Å². The highest BCUT2D eigenvalue weighted by Crippen LogP contribution is 2.36. The fourth-order valence-corrected chi connectivity index (χ4v) is 3.15. The van der Waals surface area contributed by atoms with Crippen LogP contribution in [0.2, 0.25) is 0 Å². The van der Waals surface area contributed by atoms with E-state index in [0.29, 0.717) is 12.0 Å². The first-order chi connectivity index (χ1) is 8.72. The molecule has 0 saturated heterocycles. The number of hydrogen-bond acceptors (Lipinski definition) is 2. The van der Waals surface area contributed by atoms with Gasteiger partial charge in [0.1, 0.15) is 0 Å². The molecule has 1 aromatic rings. The summed E-state index contributed by atoms with van der Waals surface area (Å²) >= 11 is 0. The molecular formula is C16H26N2. The molecule has 1 aliphatic carbocycles. The number of aryl methyl sites for hydroxylation is 1. The van der Waals surface area contributed by atoms with Crippen LogP contribution in [-0.4, -0.2) is 6.04 Å². The largest absolute Gasteiger partial charge is 0.271 e. The van der Waals surface area contributed by atoms with E-state index in [4.69, 9.17) is 5.84 Å². The van der Waals surface area contributed by atoms with Crippen LogP contribution in [0.3, 0.4) is 0 Å². The number of rotatable bonds is 6. The van der Waals surface area contributed by atoms with Crippen molar-refractivity contribution in [2.45, 2.75) is 57.9 Å².